The zero-order valence-corrected chi connectivity index (χ0v) is 14.0. The number of carboxylic acid groups (broad SMARTS) is 1. The van der Waals surface area contributed by atoms with E-state index >= 15 is 0 Å². The first-order valence-corrected chi connectivity index (χ1v) is 8.52. The van der Waals surface area contributed by atoms with E-state index < -0.39 is 5.97 Å². The number of benzene rings is 1. The molecule has 1 aliphatic heterocycles. The van der Waals surface area contributed by atoms with Gasteiger partial charge >= 0.3 is 5.97 Å². The third-order valence-electron chi connectivity index (χ3n) is 3.25. The number of carbonyl (C=O) groups excluding carboxylic acids is 1. The molecule has 0 aliphatic carbocycles. The van der Waals surface area contributed by atoms with Crippen LogP contribution in [0.4, 0.5) is 0 Å². The zero-order valence-electron chi connectivity index (χ0n) is 12.4. The van der Waals surface area contributed by atoms with Gasteiger partial charge < -0.3 is 10.0 Å². The minimum absolute atomic E-state index is 0.206. The molecule has 8 heteroatoms. The SMILES string of the molecule is O=C(CSC(=S)N1CCCC1)NN=Cc1ccc(C(=O)O)cc1. The number of likely N-dealkylation sites (tertiary alicyclic amines) is 1. The third-order valence-corrected chi connectivity index (χ3v) is 4.77. The lowest BCUT2D eigenvalue weighted by atomic mass is 10.1. The van der Waals surface area contributed by atoms with E-state index in [1.807, 2.05) is 0 Å². The third kappa shape index (κ3) is 5.65. The monoisotopic (exact) mass is 351 g/mol. The lowest BCUT2D eigenvalue weighted by Gasteiger charge is -2.16. The van der Waals surface area contributed by atoms with Crippen LogP contribution in [-0.4, -0.2) is 51.3 Å². The first-order chi connectivity index (χ1) is 11.1. The minimum Gasteiger partial charge on any atom is -0.478 e. The van der Waals surface area contributed by atoms with E-state index in [1.54, 1.807) is 12.1 Å². The number of thiocarbonyl (C=S) groups is 1. The summed E-state index contributed by atoms with van der Waals surface area (Å²) >= 11 is 6.62. The van der Waals surface area contributed by atoms with Crippen LogP contribution in [0.5, 0.6) is 0 Å². The summed E-state index contributed by atoms with van der Waals surface area (Å²) in [7, 11) is 0. The van der Waals surface area contributed by atoms with Gasteiger partial charge in [-0.2, -0.15) is 5.10 Å². The number of hydrazone groups is 1. The predicted octanol–water partition coefficient (Wildman–Crippen LogP) is 1.95. The first kappa shape index (κ1) is 17.4. The fourth-order valence-corrected chi connectivity index (χ4v) is 3.08. The van der Waals surface area contributed by atoms with E-state index in [2.05, 4.69) is 15.4 Å². The van der Waals surface area contributed by atoms with Gasteiger partial charge in [0.2, 0.25) is 0 Å². The fraction of sp³-hybridized carbons (Fsp3) is 0.333. The second-order valence-corrected chi connectivity index (χ2v) is 6.58. The number of hydrogen-bond acceptors (Lipinski definition) is 5. The van der Waals surface area contributed by atoms with E-state index in [9.17, 15) is 9.59 Å². The Bertz CT molecular complexity index is 611. The number of carbonyl (C=O) groups is 2. The van der Waals surface area contributed by atoms with Crippen LogP contribution in [0, 0.1) is 0 Å². The molecule has 2 N–H and O–H groups in total. The largest absolute Gasteiger partial charge is 0.478 e. The minimum atomic E-state index is -0.979. The summed E-state index contributed by atoms with van der Waals surface area (Å²) in [5.41, 5.74) is 3.34. The van der Waals surface area contributed by atoms with Crippen LogP contribution in [0.25, 0.3) is 0 Å². The van der Waals surface area contributed by atoms with Crippen molar-refractivity contribution in [3.8, 4) is 0 Å². The molecule has 0 atom stereocenters. The standard InChI is InChI=1S/C15H17N3O3S2/c19-13(10-23-15(22)18-7-1-2-8-18)17-16-9-11-3-5-12(6-4-11)14(20)21/h3-6,9H,1-2,7-8,10H2,(H,17,19)(H,20,21). The zero-order chi connectivity index (χ0) is 16.7. The summed E-state index contributed by atoms with van der Waals surface area (Å²) in [6.45, 7) is 1.94. The number of nitrogens with zero attached hydrogens (tertiary/aromatic N) is 2. The molecule has 122 valence electrons. The van der Waals surface area contributed by atoms with Gasteiger partial charge in [0.05, 0.1) is 17.5 Å². The highest BCUT2D eigenvalue weighted by Crippen LogP contribution is 2.15. The Labute approximate surface area is 143 Å². The van der Waals surface area contributed by atoms with Crippen molar-refractivity contribution < 1.29 is 14.7 Å². The fourth-order valence-electron chi connectivity index (χ4n) is 2.04. The summed E-state index contributed by atoms with van der Waals surface area (Å²) in [4.78, 5) is 24.5. The number of hydrogen-bond donors (Lipinski definition) is 2. The van der Waals surface area contributed by atoms with Crippen LogP contribution in [0.15, 0.2) is 29.4 Å². The molecule has 0 saturated carbocycles. The molecule has 6 nitrogen and oxygen atoms in total. The topological polar surface area (TPSA) is 82.0 Å². The molecule has 0 aromatic heterocycles. The maximum absolute atomic E-state index is 11.7. The van der Waals surface area contributed by atoms with Gasteiger partial charge in [0.15, 0.2) is 0 Å². The van der Waals surface area contributed by atoms with Crippen LogP contribution >= 0.6 is 24.0 Å². The molecule has 1 aromatic carbocycles. The van der Waals surface area contributed by atoms with Gasteiger partial charge in [-0.1, -0.05) is 36.1 Å². The predicted molar refractivity (Wildman–Crippen MR) is 95.0 cm³/mol. The molecule has 1 saturated heterocycles. The van der Waals surface area contributed by atoms with Crippen molar-refractivity contribution in [2.75, 3.05) is 18.8 Å². The Morgan fingerprint density at radius 3 is 2.57 bits per heavy atom. The summed E-state index contributed by atoms with van der Waals surface area (Å²) in [6.07, 6.45) is 3.77. The molecule has 1 aromatic rings. The van der Waals surface area contributed by atoms with E-state index in [-0.39, 0.29) is 17.2 Å². The maximum Gasteiger partial charge on any atom is 0.335 e. The first-order valence-electron chi connectivity index (χ1n) is 7.13. The van der Waals surface area contributed by atoms with Crippen LogP contribution in [0.1, 0.15) is 28.8 Å². The Kier molecular flexibility index (Phi) is 6.54. The van der Waals surface area contributed by atoms with E-state index in [1.165, 1.54) is 30.1 Å². The molecule has 23 heavy (non-hydrogen) atoms. The van der Waals surface area contributed by atoms with Gasteiger partial charge in [-0.15, -0.1) is 0 Å². The number of nitrogens with one attached hydrogen (secondary N) is 1. The second-order valence-electron chi connectivity index (χ2n) is 4.97. The van der Waals surface area contributed by atoms with Crippen molar-refractivity contribution >= 4 is 46.4 Å². The highest BCUT2D eigenvalue weighted by Gasteiger charge is 2.15. The molecular formula is C15H17N3O3S2. The Morgan fingerprint density at radius 1 is 1.30 bits per heavy atom. The average molecular weight is 351 g/mol. The van der Waals surface area contributed by atoms with Gasteiger partial charge in [-0.05, 0) is 30.5 Å². The van der Waals surface area contributed by atoms with Gasteiger partial charge in [-0.25, -0.2) is 10.2 Å². The number of rotatable bonds is 5. The number of carboxylic acids is 1. The van der Waals surface area contributed by atoms with E-state index in [0.717, 1.165) is 30.3 Å². The molecule has 2 rings (SSSR count). The van der Waals surface area contributed by atoms with Crippen molar-refractivity contribution in [2.24, 2.45) is 5.10 Å². The summed E-state index contributed by atoms with van der Waals surface area (Å²) < 4.78 is 0.755. The molecule has 1 fully saturated rings. The molecule has 0 radical (unpaired) electrons. The molecule has 1 heterocycles. The Hall–Kier alpha value is -1.93. The molecule has 1 amide bonds. The quantitative estimate of drug-likeness (QED) is 0.479. The van der Waals surface area contributed by atoms with Crippen molar-refractivity contribution in [1.82, 2.24) is 10.3 Å². The molecule has 0 bridgehead atoms. The average Bonchev–Trinajstić information content (AvgIpc) is 3.07. The highest BCUT2D eigenvalue weighted by molar-refractivity contribution is 8.23. The van der Waals surface area contributed by atoms with Crippen LogP contribution in [0.2, 0.25) is 0 Å². The van der Waals surface area contributed by atoms with Gasteiger partial charge in [-0.3, -0.25) is 4.79 Å². The molecule has 0 spiro atoms. The summed E-state index contributed by atoms with van der Waals surface area (Å²) in [6, 6.07) is 6.21. The van der Waals surface area contributed by atoms with Gasteiger partial charge in [0, 0.05) is 13.1 Å². The second kappa shape index (κ2) is 8.64. The summed E-state index contributed by atoms with van der Waals surface area (Å²) in [5.74, 6) is -0.979. The number of thioether (sulfide) groups is 1. The normalized spacial score (nSPS) is 14.2. The van der Waals surface area contributed by atoms with Crippen molar-refractivity contribution in [3.05, 3.63) is 35.4 Å². The lowest BCUT2D eigenvalue weighted by Crippen LogP contribution is -2.26. The molecule has 1 aliphatic rings. The highest BCUT2D eigenvalue weighted by atomic mass is 32.2. The Morgan fingerprint density at radius 2 is 1.96 bits per heavy atom. The number of amides is 1. The maximum atomic E-state index is 11.7. The van der Waals surface area contributed by atoms with Gasteiger partial charge in [0.1, 0.15) is 4.32 Å². The smallest absolute Gasteiger partial charge is 0.335 e. The molecule has 0 unspecified atom stereocenters. The lowest BCUT2D eigenvalue weighted by molar-refractivity contribution is -0.118. The van der Waals surface area contributed by atoms with Crippen molar-refractivity contribution in [1.29, 1.82) is 0 Å². The van der Waals surface area contributed by atoms with E-state index in [0.29, 0.717) is 5.56 Å². The van der Waals surface area contributed by atoms with Gasteiger partial charge in [0.25, 0.3) is 5.91 Å². The van der Waals surface area contributed by atoms with Crippen LogP contribution in [0.3, 0.4) is 0 Å². The van der Waals surface area contributed by atoms with Crippen LogP contribution in [-0.2, 0) is 4.79 Å². The number of aromatic carboxylic acids is 1. The van der Waals surface area contributed by atoms with Crippen molar-refractivity contribution in [3.63, 3.8) is 0 Å². The Balaban J connectivity index is 1.72. The van der Waals surface area contributed by atoms with Crippen LogP contribution < -0.4 is 5.43 Å². The van der Waals surface area contributed by atoms with Crippen molar-refractivity contribution in [2.45, 2.75) is 12.8 Å². The molecular weight excluding hydrogens is 334 g/mol. The summed E-state index contributed by atoms with van der Waals surface area (Å²) in [5, 5.41) is 12.6. The van der Waals surface area contributed by atoms with E-state index in [4.69, 9.17) is 17.3 Å².